The van der Waals surface area contributed by atoms with Crippen LogP contribution in [0.1, 0.15) is 29.8 Å². The highest BCUT2D eigenvalue weighted by molar-refractivity contribution is 5.93. The second kappa shape index (κ2) is 3.32. The van der Waals surface area contributed by atoms with Crippen molar-refractivity contribution in [1.82, 2.24) is 15.1 Å². The van der Waals surface area contributed by atoms with E-state index in [4.69, 9.17) is 5.73 Å². The molecule has 1 heterocycles. The number of rotatable bonds is 2. The number of carbonyl (C=O) groups is 1. The van der Waals surface area contributed by atoms with Gasteiger partial charge in [0.05, 0.1) is 0 Å². The molecule has 0 saturated heterocycles. The summed E-state index contributed by atoms with van der Waals surface area (Å²) in [6, 6.07) is 1.96. The van der Waals surface area contributed by atoms with Gasteiger partial charge in [0.25, 0.3) is 5.91 Å². The van der Waals surface area contributed by atoms with E-state index in [1.54, 1.807) is 11.0 Å². The van der Waals surface area contributed by atoms with Crippen LogP contribution < -0.4 is 5.73 Å². The number of aromatic nitrogens is 2. The fourth-order valence-corrected chi connectivity index (χ4v) is 1.58. The van der Waals surface area contributed by atoms with Crippen molar-refractivity contribution in [2.24, 2.45) is 0 Å². The molecule has 1 aromatic rings. The van der Waals surface area contributed by atoms with Gasteiger partial charge in [-0.2, -0.15) is 5.10 Å². The lowest BCUT2D eigenvalue weighted by Gasteiger charge is -2.34. The predicted octanol–water partition coefficient (Wildman–Crippen LogP) is 0.616. The first-order valence-corrected chi connectivity index (χ1v) is 4.76. The molecule has 5 heteroatoms. The molecule has 5 nitrogen and oxygen atoms in total. The number of nitrogens with one attached hydrogen (secondary N) is 1. The number of amides is 1. The molecule has 1 aliphatic carbocycles. The van der Waals surface area contributed by atoms with Gasteiger partial charge in [-0.3, -0.25) is 9.89 Å². The fourth-order valence-electron chi connectivity index (χ4n) is 1.58. The first-order valence-electron chi connectivity index (χ1n) is 4.76. The maximum Gasteiger partial charge on any atom is 0.271 e. The maximum atomic E-state index is 11.8. The largest absolute Gasteiger partial charge is 0.382 e. The van der Waals surface area contributed by atoms with Crippen molar-refractivity contribution >= 4 is 11.7 Å². The summed E-state index contributed by atoms with van der Waals surface area (Å²) in [6.45, 7) is 0. The summed E-state index contributed by atoms with van der Waals surface area (Å²) in [7, 11) is 1.82. The normalized spacial score (nSPS) is 16.4. The number of hydrogen-bond donors (Lipinski definition) is 2. The molecular formula is C9H14N4O. The number of hydrogen-bond acceptors (Lipinski definition) is 3. The van der Waals surface area contributed by atoms with Crippen LogP contribution in [0.3, 0.4) is 0 Å². The van der Waals surface area contributed by atoms with Crippen molar-refractivity contribution in [1.29, 1.82) is 0 Å². The molecule has 76 valence electrons. The van der Waals surface area contributed by atoms with E-state index >= 15 is 0 Å². The van der Waals surface area contributed by atoms with Gasteiger partial charge in [-0.05, 0) is 19.3 Å². The number of nitrogens with two attached hydrogens (primary N) is 1. The van der Waals surface area contributed by atoms with Gasteiger partial charge in [-0.15, -0.1) is 0 Å². The Morgan fingerprint density at radius 1 is 1.71 bits per heavy atom. The minimum atomic E-state index is -0.0288. The minimum absolute atomic E-state index is 0.0288. The SMILES string of the molecule is CN(C(=O)c1cc(N)n[nH]1)C1CCC1. The Balaban J connectivity index is 2.07. The van der Waals surface area contributed by atoms with Crippen molar-refractivity contribution in [2.45, 2.75) is 25.3 Å². The second-order valence-electron chi connectivity index (χ2n) is 3.71. The van der Waals surface area contributed by atoms with Crippen molar-refractivity contribution in [3.05, 3.63) is 11.8 Å². The van der Waals surface area contributed by atoms with Crippen LogP contribution in [0.5, 0.6) is 0 Å². The number of nitrogens with zero attached hydrogens (tertiary/aromatic N) is 2. The molecule has 0 bridgehead atoms. The molecule has 14 heavy (non-hydrogen) atoms. The zero-order valence-corrected chi connectivity index (χ0v) is 8.16. The summed E-state index contributed by atoms with van der Waals surface area (Å²) in [5.74, 6) is 0.328. The molecule has 1 aliphatic rings. The van der Waals surface area contributed by atoms with Crippen LogP contribution in [-0.2, 0) is 0 Å². The van der Waals surface area contributed by atoms with Gasteiger partial charge in [0, 0.05) is 19.2 Å². The lowest BCUT2D eigenvalue weighted by Crippen LogP contribution is -2.41. The molecule has 1 aromatic heterocycles. The van der Waals surface area contributed by atoms with Gasteiger partial charge in [0.15, 0.2) is 0 Å². The maximum absolute atomic E-state index is 11.8. The quantitative estimate of drug-likeness (QED) is 0.724. The molecule has 1 saturated carbocycles. The molecule has 0 aliphatic heterocycles. The average Bonchev–Trinajstić information content (AvgIpc) is 2.47. The number of H-pyrrole nitrogens is 1. The predicted molar refractivity (Wildman–Crippen MR) is 52.7 cm³/mol. The van der Waals surface area contributed by atoms with Crippen molar-refractivity contribution in [3.63, 3.8) is 0 Å². The van der Waals surface area contributed by atoms with Crippen LogP contribution in [0.2, 0.25) is 0 Å². The summed E-state index contributed by atoms with van der Waals surface area (Å²) in [5, 5.41) is 6.35. The lowest BCUT2D eigenvalue weighted by molar-refractivity contribution is 0.0646. The molecule has 0 radical (unpaired) electrons. The standard InChI is InChI=1S/C9H14N4O/c1-13(6-3-2-4-6)9(14)7-5-8(10)12-11-7/h5-6H,2-4H2,1H3,(H3,10,11,12). The highest BCUT2D eigenvalue weighted by Crippen LogP contribution is 2.24. The number of carbonyl (C=O) groups excluding carboxylic acids is 1. The molecule has 3 N–H and O–H groups in total. The van der Waals surface area contributed by atoms with Crippen LogP contribution in [0, 0.1) is 0 Å². The summed E-state index contributed by atoms with van der Waals surface area (Å²) in [6.07, 6.45) is 3.42. The third kappa shape index (κ3) is 1.45. The van der Waals surface area contributed by atoms with E-state index in [0.717, 1.165) is 12.8 Å². The van der Waals surface area contributed by atoms with E-state index in [0.29, 0.717) is 17.6 Å². The van der Waals surface area contributed by atoms with Gasteiger partial charge < -0.3 is 10.6 Å². The first-order chi connectivity index (χ1) is 6.68. The monoisotopic (exact) mass is 194 g/mol. The van der Waals surface area contributed by atoms with Crippen LogP contribution >= 0.6 is 0 Å². The Bertz CT molecular complexity index is 342. The molecular weight excluding hydrogens is 180 g/mol. The Hall–Kier alpha value is -1.52. The summed E-state index contributed by atoms with van der Waals surface area (Å²) in [4.78, 5) is 13.6. The Kier molecular flexibility index (Phi) is 2.15. The van der Waals surface area contributed by atoms with Gasteiger partial charge >= 0.3 is 0 Å². The molecule has 0 atom stereocenters. The number of anilines is 1. The van der Waals surface area contributed by atoms with Gasteiger partial charge in [-0.25, -0.2) is 0 Å². The highest BCUT2D eigenvalue weighted by atomic mass is 16.2. The Labute approximate surface area is 82.3 Å². The van der Waals surface area contributed by atoms with E-state index in [1.165, 1.54) is 6.42 Å². The Morgan fingerprint density at radius 3 is 2.86 bits per heavy atom. The van der Waals surface area contributed by atoms with E-state index in [1.807, 2.05) is 7.05 Å². The van der Waals surface area contributed by atoms with Gasteiger partial charge in [0.1, 0.15) is 11.5 Å². The molecule has 0 aromatic carbocycles. The highest BCUT2D eigenvalue weighted by Gasteiger charge is 2.26. The number of aromatic amines is 1. The van der Waals surface area contributed by atoms with E-state index < -0.39 is 0 Å². The molecule has 0 spiro atoms. The van der Waals surface area contributed by atoms with E-state index in [2.05, 4.69) is 10.2 Å². The van der Waals surface area contributed by atoms with Crippen LogP contribution in [0.25, 0.3) is 0 Å². The van der Waals surface area contributed by atoms with Crippen LogP contribution in [0.4, 0.5) is 5.82 Å². The molecule has 2 rings (SSSR count). The van der Waals surface area contributed by atoms with Crippen LogP contribution in [0.15, 0.2) is 6.07 Å². The van der Waals surface area contributed by atoms with E-state index in [9.17, 15) is 4.79 Å². The van der Waals surface area contributed by atoms with E-state index in [-0.39, 0.29) is 5.91 Å². The molecule has 1 fully saturated rings. The topological polar surface area (TPSA) is 75.0 Å². The Morgan fingerprint density at radius 2 is 2.43 bits per heavy atom. The summed E-state index contributed by atoms with van der Waals surface area (Å²) in [5.41, 5.74) is 5.90. The summed E-state index contributed by atoms with van der Waals surface area (Å²) >= 11 is 0. The van der Waals surface area contributed by atoms with Crippen molar-refractivity contribution in [2.75, 3.05) is 12.8 Å². The zero-order chi connectivity index (χ0) is 10.1. The average molecular weight is 194 g/mol. The second-order valence-corrected chi connectivity index (χ2v) is 3.71. The zero-order valence-electron chi connectivity index (χ0n) is 8.16. The summed E-state index contributed by atoms with van der Waals surface area (Å²) < 4.78 is 0. The first kappa shape index (κ1) is 9.05. The lowest BCUT2D eigenvalue weighted by atomic mass is 9.92. The van der Waals surface area contributed by atoms with Crippen molar-refractivity contribution in [3.8, 4) is 0 Å². The smallest absolute Gasteiger partial charge is 0.271 e. The third-order valence-corrected chi connectivity index (χ3v) is 2.77. The van der Waals surface area contributed by atoms with Gasteiger partial charge in [0.2, 0.25) is 0 Å². The van der Waals surface area contributed by atoms with Crippen molar-refractivity contribution < 1.29 is 4.79 Å². The minimum Gasteiger partial charge on any atom is -0.382 e. The molecule has 0 unspecified atom stereocenters. The molecule has 1 amide bonds. The third-order valence-electron chi connectivity index (χ3n) is 2.77. The van der Waals surface area contributed by atoms with Gasteiger partial charge in [-0.1, -0.05) is 0 Å². The fraction of sp³-hybridized carbons (Fsp3) is 0.556. The number of nitrogen functional groups attached to an aromatic ring is 1. The van der Waals surface area contributed by atoms with Crippen LogP contribution in [-0.4, -0.2) is 34.1 Å².